The predicted molar refractivity (Wildman–Crippen MR) is 102 cm³/mol. The average Bonchev–Trinajstić information content (AvgIpc) is 2.70. The minimum absolute atomic E-state index is 0. The van der Waals surface area contributed by atoms with Gasteiger partial charge in [0.1, 0.15) is 0 Å². The molecule has 0 amide bonds. The van der Waals surface area contributed by atoms with Crippen LogP contribution in [-0.2, 0) is 13.6 Å². The van der Waals surface area contributed by atoms with Crippen LogP contribution in [0.4, 0.5) is 0 Å². The second kappa shape index (κ2) is 8.40. The van der Waals surface area contributed by atoms with Gasteiger partial charge in [0.05, 0.1) is 23.7 Å². The average molecular weight is 441 g/mol. The highest BCUT2D eigenvalue weighted by Gasteiger charge is 2.34. The van der Waals surface area contributed by atoms with E-state index in [4.69, 9.17) is 11.6 Å². The minimum Gasteiger partial charge on any atom is -0.388 e. The van der Waals surface area contributed by atoms with Crippen LogP contribution in [0.25, 0.3) is 0 Å². The van der Waals surface area contributed by atoms with Crippen LogP contribution in [0, 0.1) is 0 Å². The fourth-order valence-corrected chi connectivity index (χ4v) is 2.75. The third kappa shape index (κ3) is 5.03. The van der Waals surface area contributed by atoms with Crippen LogP contribution in [0.15, 0.2) is 17.3 Å². The third-order valence-electron chi connectivity index (χ3n) is 3.98. The van der Waals surface area contributed by atoms with Crippen LogP contribution in [-0.4, -0.2) is 46.3 Å². The zero-order valence-electron chi connectivity index (χ0n) is 13.5. The molecule has 5 nitrogen and oxygen atoms in total. The lowest BCUT2D eigenvalue weighted by Crippen LogP contribution is -2.43. The van der Waals surface area contributed by atoms with E-state index in [2.05, 4.69) is 15.2 Å². The number of rotatable bonds is 5. The van der Waals surface area contributed by atoms with Gasteiger partial charge >= 0.3 is 0 Å². The topological polar surface area (TPSA) is 52.8 Å². The van der Waals surface area contributed by atoms with Gasteiger partial charge in [0.25, 0.3) is 0 Å². The number of nitrogens with zero attached hydrogens (tertiary/aromatic N) is 3. The van der Waals surface area contributed by atoms with Gasteiger partial charge in [-0.2, -0.15) is 0 Å². The van der Waals surface area contributed by atoms with Gasteiger partial charge < -0.3 is 19.9 Å². The Bertz CT molecular complexity index is 514. The van der Waals surface area contributed by atoms with Gasteiger partial charge in [-0.3, -0.25) is 4.99 Å². The summed E-state index contributed by atoms with van der Waals surface area (Å²) < 4.78 is 2.02. The van der Waals surface area contributed by atoms with E-state index in [1.165, 1.54) is 0 Å². The first-order chi connectivity index (χ1) is 9.93. The monoisotopic (exact) mass is 440 g/mol. The molecule has 1 heterocycles. The van der Waals surface area contributed by atoms with Gasteiger partial charge in [-0.15, -0.1) is 24.0 Å². The fourth-order valence-electron chi connectivity index (χ4n) is 2.48. The van der Waals surface area contributed by atoms with Crippen molar-refractivity contribution >= 4 is 41.5 Å². The van der Waals surface area contributed by atoms with E-state index >= 15 is 0 Å². The number of nitrogens with one attached hydrogen (secondary N) is 1. The quantitative estimate of drug-likeness (QED) is 0.420. The molecule has 2 rings (SSSR count). The predicted octanol–water partition coefficient (Wildman–Crippen LogP) is 2.61. The Morgan fingerprint density at radius 3 is 2.68 bits per heavy atom. The highest BCUT2D eigenvalue weighted by atomic mass is 127. The number of aliphatic imine (C=N–C) groups is 1. The van der Waals surface area contributed by atoms with Crippen molar-refractivity contribution in [2.75, 3.05) is 20.1 Å². The van der Waals surface area contributed by atoms with Gasteiger partial charge in [0.2, 0.25) is 0 Å². The summed E-state index contributed by atoms with van der Waals surface area (Å²) in [6, 6.07) is 1.96. The van der Waals surface area contributed by atoms with E-state index in [-0.39, 0.29) is 24.0 Å². The Balaban J connectivity index is 0.00000242. The summed E-state index contributed by atoms with van der Waals surface area (Å²) in [6.45, 7) is 4.03. The molecule has 0 unspecified atom stereocenters. The molecule has 0 radical (unpaired) electrons. The number of aliphatic hydroxyl groups is 1. The molecule has 0 atom stereocenters. The molecule has 0 aromatic carbocycles. The van der Waals surface area contributed by atoms with Crippen molar-refractivity contribution in [1.82, 2.24) is 14.8 Å². The molecule has 0 bridgehead atoms. The van der Waals surface area contributed by atoms with Crippen molar-refractivity contribution in [1.29, 1.82) is 0 Å². The highest BCUT2D eigenvalue weighted by molar-refractivity contribution is 14.0. The van der Waals surface area contributed by atoms with Crippen LogP contribution in [0.3, 0.4) is 0 Å². The molecule has 1 aliphatic rings. The van der Waals surface area contributed by atoms with Gasteiger partial charge in [0, 0.05) is 32.5 Å². The zero-order valence-corrected chi connectivity index (χ0v) is 16.6. The summed E-state index contributed by atoms with van der Waals surface area (Å²) in [6.07, 6.45) is 4.70. The molecule has 1 aromatic rings. The summed E-state index contributed by atoms with van der Waals surface area (Å²) in [5.74, 6) is 0.815. The van der Waals surface area contributed by atoms with Crippen molar-refractivity contribution in [3.8, 4) is 0 Å². The SMILES string of the molecule is CCNC(=NCC1(O)CCC1)N(C)Cc1cc(Cl)cn1C.I. The van der Waals surface area contributed by atoms with Gasteiger partial charge in [-0.25, -0.2) is 0 Å². The molecule has 1 aliphatic carbocycles. The molecule has 22 heavy (non-hydrogen) atoms. The molecule has 2 N–H and O–H groups in total. The van der Waals surface area contributed by atoms with E-state index < -0.39 is 5.60 Å². The number of aryl methyl sites for hydroxylation is 1. The zero-order chi connectivity index (χ0) is 15.5. The van der Waals surface area contributed by atoms with E-state index in [0.29, 0.717) is 13.1 Å². The maximum atomic E-state index is 10.2. The maximum absolute atomic E-state index is 10.2. The maximum Gasteiger partial charge on any atom is 0.194 e. The summed E-state index contributed by atoms with van der Waals surface area (Å²) in [5.41, 5.74) is 0.533. The number of hydrogen-bond acceptors (Lipinski definition) is 2. The highest BCUT2D eigenvalue weighted by Crippen LogP contribution is 2.31. The molecule has 1 aromatic heterocycles. The molecule has 1 fully saturated rings. The molecular formula is C15H26ClIN4O. The van der Waals surface area contributed by atoms with Gasteiger partial charge in [0.15, 0.2) is 5.96 Å². The second-order valence-corrected chi connectivity index (χ2v) is 6.30. The van der Waals surface area contributed by atoms with Crippen LogP contribution < -0.4 is 5.32 Å². The molecular weight excluding hydrogens is 415 g/mol. The molecule has 1 saturated carbocycles. The Morgan fingerprint density at radius 2 is 2.23 bits per heavy atom. The fraction of sp³-hybridized carbons (Fsp3) is 0.667. The summed E-state index contributed by atoms with van der Waals surface area (Å²) in [5, 5.41) is 14.2. The number of halogens is 2. The van der Waals surface area contributed by atoms with E-state index in [1.807, 2.05) is 37.8 Å². The molecule has 126 valence electrons. The van der Waals surface area contributed by atoms with Crippen LogP contribution in [0.2, 0.25) is 5.02 Å². The van der Waals surface area contributed by atoms with Gasteiger partial charge in [-0.1, -0.05) is 11.6 Å². The van der Waals surface area contributed by atoms with Crippen LogP contribution >= 0.6 is 35.6 Å². The lowest BCUT2D eigenvalue weighted by atomic mass is 9.80. The number of aromatic nitrogens is 1. The number of guanidine groups is 1. The van der Waals surface area contributed by atoms with E-state index in [1.54, 1.807) is 0 Å². The van der Waals surface area contributed by atoms with E-state index in [9.17, 15) is 5.11 Å². The first-order valence-electron chi connectivity index (χ1n) is 7.46. The van der Waals surface area contributed by atoms with Crippen molar-refractivity contribution in [3.05, 3.63) is 23.0 Å². The summed E-state index contributed by atoms with van der Waals surface area (Å²) in [4.78, 5) is 6.63. The Morgan fingerprint density at radius 1 is 1.55 bits per heavy atom. The Labute approximate surface area is 154 Å². The molecule has 0 aliphatic heterocycles. The van der Waals surface area contributed by atoms with E-state index in [0.717, 1.165) is 42.5 Å². The third-order valence-corrected chi connectivity index (χ3v) is 4.18. The smallest absolute Gasteiger partial charge is 0.194 e. The van der Waals surface area contributed by atoms with Crippen molar-refractivity contribution < 1.29 is 5.11 Å². The lowest BCUT2D eigenvalue weighted by Gasteiger charge is -2.35. The number of hydrogen-bond donors (Lipinski definition) is 2. The normalized spacial score (nSPS) is 16.7. The molecule has 0 saturated heterocycles. The molecule has 0 spiro atoms. The summed E-state index contributed by atoms with van der Waals surface area (Å²) in [7, 11) is 3.98. The first kappa shape index (κ1) is 19.6. The van der Waals surface area contributed by atoms with Crippen molar-refractivity contribution in [2.45, 2.75) is 38.3 Å². The molecule has 7 heteroatoms. The van der Waals surface area contributed by atoms with Crippen molar-refractivity contribution in [2.24, 2.45) is 12.0 Å². The first-order valence-corrected chi connectivity index (χ1v) is 7.84. The minimum atomic E-state index is -0.588. The van der Waals surface area contributed by atoms with Crippen LogP contribution in [0.1, 0.15) is 31.9 Å². The largest absolute Gasteiger partial charge is 0.388 e. The standard InChI is InChI=1S/C15H25ClN4O.HI/c1-4-17-14(18-11-15(21)6-5-7-15)20(3)10-13-8-12(16)9-19(13)2;/h8-9,21H,4-7,10-11H2,1-3H3,(H,17,18);1H. The van der Waals surface area contributed by atoms with Crippen molar-refractivity contribution in [3.63, 3.8) is 0 Å². The summed E-state index contributed by atoms with van der Waals surface area (Å²) >= 11 is 6.02. The lowest BCUT2D eigenvalue weighted by molar-refractivity contribution is -0.0237. The second-order valence-electron chi connectivity index (χ2n) is 5.86. The Hall–Kier alpha value is -0.470. The Kier molecular flexibility index (Phi) is 7.48. The van der Waals surface area contributed by atoms with Gasteiger partial charge in [-0.05, 0) is 32.3 Å². The van der Waals surface area contributed by atoms with Crippen LogP contribution in [0.5, 0.6) is 0 Å².